The van der Waals surface area contributed by atoms with E-state index in [2.05, 4.69) is 41.1 Å². The van der Waals surface area contributed by atoms with E-state index in [0.29, 0.717) is 23.1 Å². The van der Waals surface area contributed by atoms with Gasteiger partial charge in [0.2, 0.25) is 5.95 Å². The van der Waals surface area contributed by atoms with Gasteiger partial charge in [0.05, 0.1) is 12.4 Å². The van der Waals surface area contributed by atoms with Crippen LogP contribution < -0.4 is 15.7 Å². The van der Waals surface area contributed by atoms with Crippen molar-refractivity contribution in [2.75, 3.05) is 24.5 Å². The fourth-order valence-corrected chi connectivity index (χ4v) is 3.71. The monoisotopic (exact) mass is 454 g/mol. The van der Waals surface area contributed by atoms with Gasteiger partial charge in [-0.1, -0.05) is 6.07 Å². The van der Waals surface area contributed by atoms with Crippen LogP contribution in [0.4, 0.5) is 5.95 Å². The summed E-state index contributed by atoms with van der Waals surface area (Å²) >= 11 is 0. The molecule has 0 aliphatic carbocycles. The second-order valence-electron chi connectivity index (χ2n) is 7.47. The van der Waals surface area contributed by atoms with Gasteiger partial charge in [-0.2, -0.15) is 5.10 Å². The van der Waals surface area contributed by atoms with E-state index < -0.39 is 0 Å². The van der Waals surface area contributed by atoms with E-state index in [-0.39, 0.29) is 18.2 Å². The highest BCUT2D eigenvalue weighted by molar-refractivity contribution is 5.85. The van der Waals surface area contributed by atoms with Gasteiger partial charge in [0.25, 0.3) is 0 Å². The normalized spacial score (nSPS) is 17.2. The van der Waals surface area contributed by atoms with Crippen molar-refractivity contribution in [1.29, 1.82) is 0 Å². The van der Waals surface area contributed by atoms with Crippen LogP contribution in [0.25, 0.3) is 22.4 Å². The van der Waals surface area contributed by atoms with Crippen molar-refractivity contribution < 1.29 is 9.94 Å². The van der Waals surface area contributed by atoms with Crippen molar-refractivity contribution in [3.05, 3.63) is 61.0 Å². The van der Waals surface area contributed by atoms with Crippen LogP contribution in [0.3, 0.4) is 0 Å². The van der Waals surface area contributed by atoms with Gasteiger partial charge in [-0.25, -0.2) is 10.5 Å². The number of aromatic hydroxyl groups is 1. The quantitative estimate of drug-likeness (QED) is 0.444. The number of aromatic nitrogens is 5. The molecule has 0 radical (unpaired) electrons. The number of H-pyrrole nitrogens is 1. The molecular weight excluding hydrogens is 432 g/mol. The Morgan fingerprint density at radius 2 is 2.16 bits per heavy atom. The highest BCUT2D eigenvalue weighted by Crippen LogP contribution is 2.32. The molecule has 2 aliphatic heterocycles. The number of aromatic amines is 1. The number of rotatable bonds is 6. The van der Waals surface area contributed by atoms with Crippen LogP contribution in [0.5, 0.6) is 5.75 Å². The summed E-state index contributed by atoms with van der Waals surface area (Å²) in [6.45, 7) is 2.55. The maximum Gasteiger partial charge on any atom is 0.245 e. The van der Waals surface area contributed by atoms with E-state index in [0.717, 1.165) is 43.0 Å². The third-order valence-electron chi connectivity index (χ3n) is 5.38. The number of allylic oxidation sites excluding steroid dienone is 2. The number of anilines is 1. The molecule has 0 amide bonds. The molecule has 2 aliphatic rings. The summed E-state index contributed by atoms with van der Waals surface area (Å²) in [5, 5.41) is 29.1. The fraction of sp³-hybridized carbons (Fsp3) is 0.238. The first kappa shape index (κ1) is 21.4. The van der Waals surface area contributed by atoms with Crippen molar-refractivity contribution in [1.82, 2.24) is 36.2 Å². The number of hydrogen-bond acceptors (Lipinski definition) is 9. The lowest BCUT2D eigenvalue weighted by atomic mass is 10.0. The molecule has 11 heteroatoms. The van der Waals surface area contributed by atoms with Crippen LogP contribution in [0.15, 0.2) is 61.0 Å². The number of halogens is 1. The number of phenolic OH excluding ortho intramolecular Hbond substituents is 1. The SMILES string of the molecule is Cl.Oc1cc(-c2cn[nH]c2)ccc1-c1cnc(N2CCC(CNC3=CC=CON3)C2)nn1. The van der Waals surface area contributed by atoms with Crippen LogP contribution in [0.2, 0.25) is 0 Å². The van der Waals surface area contributed by atoms with E-state index in [1.807, 2.05) is 24.3 Å². The molecule has 1 aromatic carbocycles. The summed E-state index contributed by atoms with van der Waals surface area (Å²) in [5.41, 5.74) is 5.70. The van der Waals surface area contributed by atoms with Gasteiger partial charge >= 0.3 is 0 Å². The van der Waals surface area contributed by atoms with Gasteiger partial charge in [-0.05, 0) is 42.2 Å². The van der Waals surface area contributed by atoms with E-state index in [4.69, 9.17) is 4.84 Å². The maximum absolute atomic E-state index is 10.5. The molecule has 4 heterocycles. The molecule has 1 fully saturated rings. The highest BCUT2D eigenvalue weighted by Gasteiger charge is 2.25. The van der Waals surface area contributed by atoms with Gasteiger partial charge in [0.15, 0.2) is 0 Å². The van der Waals surface area contributed by atoms with Crippen molar-refractivity contribution in [3.8, 4) is 28.1 Å². The lowest BCUT2D eigenvalue weighted by Crippen LogP contribution is -2.32. The first-order valence-electron chi connectivity index (χ1n) is 10.1. The first-order chi connectivity index (χ1) is 15.3. The Morgan fingerprint density at radius 3 is 2.88 bits per heavy atom. The van der Waals surface area contributed by atoms with E-state index in [1.165, 1.54) is 0 Å². The summed E-state index contributed by atoms with van der Waals surface area (Å²) < 4.78 is 0. The van der Waals surface area contributed by atoms with E-state index >= 15 is 0 Å². The van der Waals surface area contributed by atoms with Gasteiger partial charge in [0.1, 0.15) is 23.5 Å². The minimum atomic E-state index is 0. The minimum Gasteiger partial charge on any atom is -0.507 e. The van der Waals surface area contributed by atoms with Crippen molar-refractivity contribution >= 4 is 18.4 Å². The zero-order valence-corrected chi connectivity index (χ0v) is 17.9. The van der Waals surface area contributed by atoms with Crippen LogP contribution in [0, 0.1) is 5.92 Å². The molecule has 0 spiro atoms. The number of phenols is 1. The van der Waals surface area contributed by atoms with Gasteiger partial charge in [0, 0.05) is 37.0 Å². The fourth-order valence-electron chi connectivity index (χ4n) is 3.71. The van der Waals surface area contributed by atoms with Crippen LogP contribution in [0.1, 0.15) is 6.42 Å². The molecule has 1 saturated heterocycles. The molecule has 3 aromatic rings. The van der Waals surface area contributed by atoms with Crippen molar-refractivity contribution in [2.24, 2.45) is 5.92 Å². The number of nitrogens with zero attached hydrogens (tertiary/aromatic N) is 5. The van der Waals surface area contributed by atoms with Gasteiger partial charge < -0.3 is 20.2 Å². The molecule has 32 heavy (non-hydrogen) atoms. The van der Waals surface area contributed by atoms with Crippen LogP contribution in [-0.2, 0) is 4.84 Å². The predicted molar refractivity (Wildman–Crippen MR) is 122 cm³/mol. The Labute approximate surface area is 190 Å². The molecule has 5 rings (SSSR count). The average molecular weight is 455 g/mol. The lowest BCUT2D eigenvalue weighted by molar-refractivity contribution is 0.151. The smallest absolute Gasteiger partial charge is 0.245 e. The summed E-state index contributed by atoms with van der Waals surface area (Å²) in [7, 11) is 0. The predicted octanol–water partition coefficient (Wildman–Crippen LogP) is 2.36. The van der Waals surface area contributed by atoms with Gasteiger partial charge in [-0.15, -0.1) is 22.6 Å². The molecule has 1 unspecified atom stereocenters. The molecule has 2 aromatic heterocycles. The highest BCUT2D eigenvalue weighted by atomic mass is 35.5. The zero-order valence-electron chi connectivity index (χ0n) is 17.1. The largest absolute Gasteiger partial charge is 0.507 e. The Kier molecular flexibility index (Phi) is 6.41. The molecule has 0 bridgehead atoms. The first-order valence-corrected chi connectivity index (χ1v) is 10.1. The maximum atomic E-state index is 10.5. The second-order valence-corrected chi connectivity index (χ2v) is 7.47. The molecular formula is C21H23ClN8O2. The standard InChI is InChI=1S/C21H22N8O2.ClH/c30-19-8-15(16-10-24-25-11-16)3-4-17(19)18-12-23-21(27-26-18)29-6-5-14(13-29)9-22-20-2-1-7-31-28-20;/h1-4,7-8,10-12,14,22,28,30H,5-6,9,13H2,(H,24,25);1H. The van der Waals surface area contributed by atoms with E-state index in [1.54, 1.807) is 30.9 Å². The average Bonchev–Trinajstić information content (AvgIpc) is 3.51. The Bertz CT molecular complexity index is 1100. The van der Waals surface area contributed by atoms with Gasteiger partial charge in [-0.3, -0.25) is 5.10 Å². The number of hydroxylamine groups is 1. The van der Waals surface area contributed by atoms with Crippen molar-refractivity contribution in [3.63, 3.8) is 0 Å². The number of nitrogens with one attached hydrogen (secondary N) is 3. The Morgan fingerprint density at radius 1 is 1.22 bits per heavy atom. The Balaban J connectivity index is 0.00000245. The van der Waals surface area contributed by atoms with Crippen LogP contribution >= 0.6 is 12.4 Å². The summed E-state index contributed by atoms with van der Waals surface area (Å²) in [6, 6.07) is 5.41. The summed E-state index contributed by atoms with van der Waals surface area (Å²) in [5.74, 6) is 2.04. The van der Waals surface area contributed by atoms with Crippen molar-refractivity contribution in [2.45, 2.75) is 6.42 Å². The third-order valence-corrected chi connectivity index (χ3v) is 5.38. The molecule has 10 nitrogen and oxygen atoms in total. The molecule has 1 atom stereocenters. The third kappa shape index (κ3) is 4.59. The molecule has 166 valence electrons. The summed E-state index contributed by atoms with van der Waals surface area (Å²) in [6.07, 6.45) is 11.5. The number of benzene rings is 1. The molecule has 0 saturated carbocycles. The number of hydrogen-bond donors (Lipinski definition) is 4. The van der Waals surface area contributed by atoms with Crippen LogP contribution in [-0.4, -0.2) is 50.1 Å². The van der Waals surface area contributed by atoms with E-state index in [9.17, 15) is 5.11 Å². The minimum absolute atomic E-state index is 0. The molecule has 4 N–H and O–H groups in total. The Hall–Kier alpha value is -3.79. The zero-order chi connectivity index (χ0) is 21.0. The summed E-state index contributed by atoms with van der Waals surface area (Å²) in [4.78, 5) is 11.7. The second kappa shape index (κ2) is 9.56. The lowest BCUT2D eigenvalue weighted by Gasteiger charge is -2.18. The topological polar surface area (TPSA) is 124 Å².